The molecule has 3 rings (SSSR count). The first-order chi connectivity index (χ1) is 18.4. The molecule has 0 saturated heterocycles. The van der Waals surface area contributed by atoms with Crippen LogP contribution in [-0.2, 0) is 24.9 Å². The van der Waals surface area contributed by atoms with Gasteiger partial charge in [-0.15, -0.1) is 34.9 Å². The zero-order valence-electron chi connectivity index (χ0n) is 26.4. The summed E-state index contributed by atoms with van der Waals surface area (Å²) in [5.74, 6) is 0.845. The molecule has 2 aromatic carbocycles. The second-order valence-electron chi connectivity index (χ2n) is 11.6. The van der Waals surface area contributed by atoms with E-state index in [4.69, 9.17) is 4.98 Å². The Labute approximate surface area is 257 Å². The summed E-state index contributed by atoms with van der Waals surface area (Å²) in [7, 11) is 0. The molecular formula is C36H50IrNO2-. The summed E-state index contributed by atoms with van der Waals surface area (Å²) >= 11 is 0. The number of pyridine rings is 1. The number of hydrogen-bond acceptors (Lipinski definition) is 3. The Balaban J connectivity index is 0.000000406. The van der Waals surface area contributed by atoms with E-state index in [2.05, 4.69) is 76.2 Å². The third-order valence-corrected chi connectivity index (χ3v) is 8.94. The molecule has 1 N–H and O–H groups in total. The number of aliphatic hydroxyl groups excluding tert-OH is 1. The van der Waals surface area contributed by atoms with E-state index in [1.54, 1.807) is 0 Å². The van der Waals surface area contributed by atoms with Gasteiger partial charge in [-0.25, -0.2) is 0 Å². The number of aliphatic hydroxyl groups is 1. The molecule has 4 heteroatoms. The van der Waals surface area contributed by atoms with E-state index in [-0.39, 0.29) is 42.5 Å². The van der Waals surface area contributed by atoms with E-state index >= 15 is 0 Å². The number of aryl methyl sites for hydroxylation is 2. The van der Waals surface area contributed by atoms with Crippen molar-refractivity contribution >= 4 is 16.7 Å². The predicted octanol–water partition coefficient (Wildman–Crippen LogP) is 10.5. The van der Waals surface area contributed by atoms with Gasteiger partial charge in [0.05, 0.1) is 5.52 Å². The maximum absolute atomic E-state index is 12.2. The number of aromatic nitrogens is 1. The minimum atomic E-state index is -0.337. The van der Waals surface area contributed by atoms with E-state index in [0.717, 1.165) is 54.4 Å². The summed E-state index contributed by atoms with van der Waals surface area (Å²) in [5.41, 5.74) is 6.35. The summed E-state index contributed by atoms with van der Waals surface area (Å²) in [4.78, 5) is 17.1. The Morgan fingerprint density at radius 3 is 2.08 bits per heavy atom. The van der Waals surface area contributed by atoms with Crippen molar-refractivity contribution < 1.29 is 30.0 Å². The number of nitrogens with zero attached hydrogens (tertiary/aromatic N) is 1. The van der Waals surface area contributed by atoms with Gasteiger partial charge in [0.1, 0.15) is 5.76 Å². The third-order valence-electron chi connectivity index (χ3n) is 8.94. The third kappa shape index (κ3) is 8.60. The van der Waals surface area contributed by atoms with Gasteiger partial charge in [-0.2, -0.15) is 0 Å². The van der Waals surface area contributed by atoms with E-state index in [1.807, 2.05) is 41.5 Å². The first-order valence-corrected chi connectivity index (χ1v) is 14.7. The number of carbonyl (C=O) groups is 1. The van der Waals surface area contributed by atoms with Crippen LogP contribution in [0, 0.1) is 30.7 Å². The Hall–Kier alpha value is -2.29. The van der Waals surface area contributed by atoms with Crippen molar-refractivity contribution in [2.24, 2.45) is 10.8 Å². The molecule has 1 unspecified atom stereocenters. The smallest absolute Gasteiger partial charge is 0.164 e. The quantitative estimate of drug-likeness (QED) is 0.129. The van der Waals surface area contributed by atoms with Crippen LogP contribution in [0.4, 0.5) is 0 Å². The van der Waals surface area contributed by atoms with Gasteiger partial charge in [-0.1, -0.05) is 93.5 Å². The first kappa shape index (κ1) is 35.7. The van der Waals surface area contributed by atoms with E-state index in [0.29, 0.717) is 5.92 Å². The number of allylic oxidation sites excluding steroid dienone is 2. The summed E-state index contributed by atoms with van der Waals surface area (Å²) < 4.78 is 0. The average Bonchev–Trinajstić information content (AvgIpc) is 2.94. The first-order valence-electron chi connectivity index (χ1n) is 14.7. The molecule has 0 aliphatic rings. The minimum Gasteiger partial charge on any atom is -0.512 e. The van der Waals surface area contributed by atoms with Gasteiger partial charge in [0.2, 0.25) is 0 Å². The Bertz CT molecular complexity index is 1260. The standard InChI is InChI=1S/C21H22N.C15H28O2.Ir/c1-5-16(4)18-7-6-8-21-19(18)9-10-20(22-21)17-12-14(2)11-15(3)13-17;1-7-14(5,8-2)12(16)11-13(17)15(6,9-3)10-4;/h6-12,16H,5H2,1-4H3;11,16H,7-10H2,1-6H3;/q-1;;/b;12-11-;. The molecule has 1 atom stereocenters. The maximum Gasteiger partial charge on any atom is 0.164 e. The Morgan fingerprint density at radius 1 is 0.950 bits per heavy atom. The van der Waals surface area contributed by atoms with Crippen LogP contribution in [0.5, 0.6) is 0 Å². The summed E-state index contributed by atoms with van der Waals surface area (Å²) in [6.07, 6.45) is 5.90. The SMILES string of the molecule is CCC(C)(CC)C(=O)/C=C(\O)C(C)(CC)CC.CCC(C)c1cccc2nc(-c3[c-]c(C)cc(C)c3)ccc12.[Ir]. The molecule has 221 valence electrons. The number of hydrogen-bond donors (Lipinski definition) is 1. The number of benzene rings is 2. The molecule has 1 aromatic heterocycles. The topological polar surface area (TPSA) is 50.2 Å². The molecule has 0 bridgehead atoms. The zero-order valence-corrected chi connectivity index (χ0v) is 28.8. The van der Waals surface area contributed by atoms with Crippen LogP contribution in [0.2, 0.25) is 0 Å². The molecule has 3 nitrogen and oxygen atoms in total. The fraction of sp³-hybridized carbons (Fsp3) is 0.500. The normalized spacial score (nSPS) is 12.8. The van der Waals surface area contributed by atoms with Crippen molar-refractivity contribution in [2.75, 3.05) is 0 Å². The van der Waals surface area contributed by atoms with Crippen molar-refractivity contribution in [3.05, 3.63) is 77.1 Å². The Morgan fingerprint density at radius 2 is 1.55 bits per heavy atom. The van der Waals surface area contributed by atoms with Crippen molar-refractivity contribution in [3.8, 4) is 11.3 Å². The molecule has 0 saturated carbocycles. The van der Waals surface area contributed by atoms with Gasteiger partial charge < -0.3 is 5.11 Å². The second-order valence-corrected chi connectivity index (χ2v) is 11.6. The largest absolute Gasteiger partial charge is 0.512 e. The molecule has 0 spiro atoms. The number of rotatable bonds is 10. The average molecular weight is 721 g/mol. The van der Waals surface area contributed by atoms with Crippen LogP contribution in [-0.4, -0.2) is 15.9 Å². The molecule has 0 fully saturated rings. The van der Waals surface area contributed by atoms with E-state index in [1.165, 1.54) is 22.6 Å². The van der Waals surface area contributed by atoms with Crippen molar-refractivity contribution in [1.29, 1.82) is 0 Å². The fourth-order valence-electron chi connectivity index (χ4n) is 4.70. The maximum atomic E-state index is 12.2. The molecule has 3 aromatic rings. The Kier molecular flexibility index (Phi) is 14.0. The van der Waals surface area contributed by atoms with Gasteiger partial charge in [-0.05, 0) is 55.3 Å². The minimum absolute atomic E-state index is 0. The van der Waals surface area contributed by atoms with Crippen LogP contribution < -0.4 is 0 Å². The van der Waals surface area contributed by atoms with Crippen LogP contribution in [0.1, 0.15) is 110 Å². The molecule has 0 aliphatic carbocycles. The summed E-state index contributed by atoms with van der Waals surface area (Å²) in [5, 5.41) is 11.4. The van der Waals surface area contributed by atoms with Gasteiger partial charge in [0, 0.05) is 42.4 Å². The molecule has 1 radical (unpaired) electrons. The fourth-order valence-corrected chi connectivity index (χ4v) is 4.70. The van der Waals surface area contributed by atoms with Crippen LogP contribution in [0.25, 0.3) is 22.2 Å². The van der Waals surface area contributed by atoms with Crippen LogP contribution >= 0.6 is 0 Å². The van der Waals surface area contributed by atoms with Crippen LogP contribution in [0.15, 0.2) is 54.3 Å². The van der Waals surface area contributed by atoms with Crippen molar-refractivity contribution in [3.63, 3.8) is 0 Å². The zero-order chi connectivity index (χ0) is 29.4. The number of carbonyl (C=O) groups excluding carboxylic acids is 1. The number of ketones is 1. The van der Waals surface area contributed by atoms with Gasteiger partial charge in [-0.3, -0.25) is 9.78 Å². The summed E-state index contributed by atoms with van der Waals surface area (Å²) in [6, 6.07) is 18.5. The van der Waals surface area contributed by atoms with E-state index < -0.39 is 0 Å². The molecule has 40 heavy (non-hydrogen) atoms. The predicted molar refractivity (Wildman–Crippen MR) is 167 cm³/mol. The molecular weight excluding hydrogens is 671 g/mol. The van der Waals surface area contributed by atoms with Gasteiger partial charge in [0.25, 0.3) is 0 Å². The molecule has 1 heterocycles. The van der Waals surface area contributed by atoms with Crippen molar-refractivity contribution in [1.82, 2.24) is 4.98 Å². The molecule has 0 aliphatic heterocycles. The van der Waals surface area contributed by atoms with Crippen LogP contribution in [0.3, 0.4) is 0 Å². The van der Waals surface area contributed by atoms with Crippen molar-refractivity contribution in [2.45, 2.75) is 107 Å². The molecule has 0 amide bonds. The summed E-state index contributed by atoms with van der Waals surface area (Å²) in [6.45, 7) is 20.8. The number of fused-ring (bicyclic) bond motifs is 1. The second kappa shape index (κ2) is 15.6. The monoisotopic (exact) mass is 721 g/mol. The van der Waals surface area contributed by atoms with Gasteiger partial charge in [0.15, 0.2) is 5.78 Å². The van der Waals surface area contributed by atoms with Gasteiger partial charge >= 0.3 is 0 Å². The van der Waals surface area contributed by atoms with E-state index in [9.17, 15) is 9.90 Å².